The van der Waals surface area contributed by atoms with Gasteiger partial charge in [-0.2, -0.15) is 0 Å². The first kappa shape index (κ1) is 27.7. The lowest BCUT2D eigenvalue weighted by molar-refractivity contribution is -0.179. The smallest absolute Gasteiger partial charge is 0.339 e. The number of aliphatic hydroxyl groups is 1. The number of alkyl halides is 2. The molecule has 0 bridgehead atoms. The van der Waals surface area contributed by atoms with Crippen LogP contribution >= 0.6 is 11.6 Å². The standard InChI is InChI=1S/C30H32ClFO7/c1-17(33)38-16-25(36)29(39-26(37)18-7-5-4-6-8-18)12-10-20-21-14-23(32)22-13-19(34)9-11-27(22,2)30(21,31)24(35)15-28(20,29)3/h4-9,11,13,20-21,23-24,35H,10,12,14-16H2,1-3H3/t20-,21-,23?,24-,27-,28-,29+,30-/m0/s1. The minimum absolute atomic E-state index is 0.0207. The number of fused-ring (bicyclic) bond motifs is 5. The summed E-state index contributed by atoms with van der Waals surface area (Å²) in [7, 11) is 0. The lowest BCUT2D eigenvalue weighted by atomic mass is 9.45. The average molecular weight is 559 g/mol. The third-order valence-electron chi connectivity index (χ3n) is 9.88. The Bertz CT molecular complexity index is 1290. The number of Topliss-reactive ketones (excluding diaryl/α,β-unsaturated/α-hetero) is 1. The summed E-state index contributed by atoms with van der Waals surface area (Å²) in [6.07, 6.45) is 1.91. The monoisotopic (exact) mass is 558 g/mol. The summed E-state index contributed by atoms with van der Waals surface area (Å²) in [6.45, 7) is 4.09. The average Bonchev–Trinajstić information content (AvgIpc) is 3.18. The number of hydrogen-bond donors (Lipinski definition) is 1. The number of benzene rings is 1. The number of allylic oxidation sites excluding steroid dienone is 4. The number of carbonyl (C=O) groups is 4. The number of carbonyl (C=O) groups excluding carboxylic acids is 4. The summed E-state index contributed by atoms with van der Waals surface area (Å²) in [5.74, 6) is -3.32. The Morgan fingerprint density at radius 3 is 2.51 bits per heavy atom. The molecule has 4 aliphatic carbocycles. The maximum Gasteiger partial charge on any atom is 0.339 e. The normalized spacial score (nSPS) is 40.6. The van der Waals surface area contributed by atoms with Crippen molar-refractivity contribution in [3.05, 3.63) is 59.7 Å². The third kappa shape index (κ3) is 3.85. The van der Waals surface area contributed by atoms with Crippen LogP contribution in [-0.4, -0.2) is 58.0 Å². The van der Waals surface area contributed by atoms with E-state index in [2.05, 4.69) is 0 Å². The molecule has 0 radical (unpaired) electrons. The maximum absolute atomic E-state index is 15.8. The van der Waals surface area contributed by atoms with E-state index in [9.17, 15) is 24.3 Å². The molecule has 0 saturated heterocycles. The molecule has 1 aromatic rings. The Kier molecular flexibility index (Phi) is 6.66. The second kappa shape index (κ2) is 9.37. The summed E-state index contributed by atoms with van der Waals surface area (Å²) in [4.78, 5) is 49.5. The molecule has 39 heavy (non-hydrogen) atoms. The van der Waals surface area contributed by atoms with E-state index in [4.69, 9.17) is 21.1 Å². The number of esters is 2. The number of aliphatic hydroxyl groups excluding tert-OH is 1. The molecule has 4 aliphatic rings. The van der Waals surface area contributed by atoms with Gasteiger partial charge in [-0.1, -0.05) is 38.1 Å². The molecule has 1 N–H and O–H groups in total. The van der Waals surface area contributed by atoms with Crippen molar-refractivity contribution in [1.82, 2.24) is 0 Å². The molecule has 0 heterocycles. The second-order valence-electron chi connectivity index (χ2n) is 11.7. The first-order chi connectivity index (χ1) is 18.3. The molecule has 0 spiro atoms. The van der Waals surface area contributed by atoms with E-state index in [1.54, 1.807) is 50.3 Å². The van der Waals surface area contributed by atoms with Gasteiger partial charge in [0.15, 0.2) is 18.0 Å². The fourth-order valence-corrected chi connectivity index (χ4v) is 8.44. The topological polar surface area (TPSA) is 107 Å². The highest BCUT2D eigenvalue weighted by molar-refractivity contribution is 6.26. The molecule has 3 fully saturated rings. The molecule has 7 nitrogen and oxygen atoms in total. The van der Waals surface area contributed by atoms with Gasteiger partial charge in [-0.05, 0) is 67.4 Å². The van der Waals surface area contributed by atoms with Crippen molar-refractivity contribution in [3.63, 3.8) is 0 Å². The molecule has 0 aliphatic heterocycles. The van der Waals surface area contributed by atoms with Gasteiger partial charge in [-0.25, -0.2) is 9.18 Å². The van der Waals surface area contributed by atoms with Crippen LogP contribution in [0.3, 0.4) is 0 Å². The second-order valence-corrected chi connectivity index (χ2v) is 12.3. The quantitative estimate of drug-likeness (QED) is 0.424. The van der Waals surface area contributed by atoms with E-state index in [1.165, 1.54) is 19.1 Å². The number of hydrogen-bond acceptors (Lipinski definition) is 7. The first-order valence-electron chi connectivity index (χ1n) is 13.2. The van der Waals surface area contributed by atoms with E-state index in [-0.39, 0.29) is 36.2 Å². The summed E-state index contributed by atoms with van der Waals surface area (Å²) < 4.78 is 26.9. The first-order valence-corrected chi connectivity index (χ1v) is 13.6. The Morgan fingerprint density at radius 1 is 1.15 bits per heavy atom. The Balaban J connectivity index is 1.59. The largest absolute Gasteiger partial charge is 0.458 e. The molecule has 0 aromatic heterocycles. The van der Waals surface area contributed by atoms with Crippen LogP contribution in [0, 0.1) is 22.7 Å². The van der Waals surface area contributed by atoms with Gasteiger partial charge < -0.3 is 14.6 Å². The van der Waals surface area contributed by atoms with E-state index in [0.29, 0.717) is 6.42 Å². The lowest BCUT2D eigenvalue weighted by Crippen LogP contribution is -2.70. The van der Waals surface area contributed by atoms with Crippen molar-refractivity contribution >= 4 is 35.1 Å². The van der Waals surface area contributed by atoms with Gasteiger partial charge in [0.1, 0.15) is 6.17 Å². The highest BCUT2D eigenvalue weighted by atomic mass is 35.5. The van der Waals surface area contributed by atoms with E-state index >= 15 is 4.39 Å². The minimum atomic E-state index is -1.74. The summed E-state index contributed by atoms with van der Waals surface area (Å²) in [6, 6.07) is 8.23. The van der Waals surface area contributed by atoms with Crippen molar-refractivity contribution in [1.29, 1.82) is 0 Å². The van der Waals surface area contributed by atoms with Crippen molar-refractivity contribution in [2.75, 3.05) is 6.61 Å². The number of ketones is 2. The highest BCUT2D eigenvalue weighted by Crippen LogP contribution is 2.71. The number of ether oxygens (including phenoxy) is 2. The van der Waals surface area contributed by atoms with Crippen molar-refractivity contribution in [2.24, 2.45) is 22.7 Å². The van der Waals surface area contributed by atoms with E-state index < -0.39 is 69.7 Å². The van der Waals surface area contributed by atoms with Crippen LogP contribution < -0.4 is 0 Å². The van der Waals surface area contributed by atoms with Crippen LogP contribution in [0.5, 0.6) is 0 Å². The summed E-state index contributed by atoms with van der Waals surface area (Å²) in [5, 5.41) is 11.8. The Hall–Kier alpha value is -2.84. The van der Waals surface area contributed by atoms with Gasteiger partial charge in [-0.15, -0.1) is 11.6 Å². The SMILES string of the molecule is CC(=O)OCC(=O)[C@]1(OC(=O)c2ccccc2)CC[C@H]2[C@@H]3CC(F)C4=CC(=O)C=C[C@]4(C)[C@@]3(Cl)[C@@H](O)C[C@@]21C. The van der Waals surface area contributed by atoms with Crippen LogP contribution in [0.1, 0.15) is 56.8 Å². The highest BCUT2D eigenvalue weighted by Gasteiger charge is 2.75. The van der Waals surface area contributed by atoms with E-state index in [0.717, 1.165) is 0 Å². The third-order valence-corrected chi connectivity index (χ3v) is 10.8. The van der Waals surface area contributed by atoms with Gasteiger partial charge in [0.05, 0.1) is 16.5 Å². The lowest BCUT2D eigenvalue weighted by Gasteiger charge is -2.64. The summed E-state index contributed by atoms with van der Waals surface area (Å²) >= 11 is 7.38. The van der Waals surface area contributed by atoms with Crippen LogP contribution in [0.15, 0.2) is 54.1 Å². The van der Waals surface area contributed by atoms with Gasteiger partial charge in [0.2, 0.25) is 5.78 Å². The minimum Gasteiger partial charge on any atom is -0.458 e. The molecule has 9 heteroatoms. The van der Waals surface area contributed by atoms with Gasteiger partial charge >= 0.3 is 11.9 Å². The zero-order chi connectivity index (χ0) is 28.4. The van der Waals surface area contributed by atoms with Crippen molar-refractivity contribution < 1.29 is 38.1 Å². The number of rotatable bonds is 5. The molecule has 5 rings (SSSR count). The fourth-order valence-electron chi connectivity index (χ4n) is 7.95. The molecule has 1 aromatic carbocycles. The Labute approximate surface area is 231 Å². The molecular weight excluding hydrogens is 527 g/mol. The van der Waals surface area contributed by atoms with Crippen LogP contribution in [0.25, 0.3) is 0 Å². The Morgan fingerprint density at radius 2 is 1.85 bits per heavy atom. The van der Waals surface area contributed by atoms with Crippen LogP contribution in [0.4, 0.5) is 4.39 Å². The number of halogens is 2. The fraction of sp³-hybridized carbons (Fsp3) is 0.533. The van der Waals surface area contributed by atoms with Crippen LogP contribution in [-0.2, 0) is 23.9 Å². The molecule has 0 amide bonds. The van der Waals surface area contributed by atoms with Gasteiger partial charge in [0.25, 0.3) is 0 Å². The van der Waals surface area contributed by atoms with Gasteiger partial charge in [-0.3, -0.25) is 14.4 Å². The van der Waals surface area contributed by atoms with Crippen LogP contribution in [0.2, 0.25) is 0 Å². The zero-order valence-corrected chi connectivity index (χ0v) is 22.9. The van der Waals surface area contributed by atoms with Crippen molar-refractivity contribution in [2.45, 2.75) is 69.2 Å². The maximum atomic E-state index is 15.8. The summed E-state index contributed by atoms with van der Waals surface area (Å²) in [5.41, 5.74) is -3.52. The predicted octanol–water partition coefficient (Wildman–Crippen LogP) is 4.30. The molecule has 8 atom stereocenters. The molecular formula is C30H32ClFO7. The molecule has 1 unspecified atom stereocenters. The van der Waals surface area contributed by atoms with Crippen molar-refractivity contribution in [3.8, 4) is 0 Å². The molecule has 208 valence electrons. The molecule has 3 saturated carbocycles. The zero-order valence-electron chi connectivity index (χ0n) is 22.1. The van der Waals surface area contributed by atoms with Gasteiger partial charge in [0, 0.05) is 17.8 Å². The van der Waals surface area contributed by atoms with E-state index in [1.807, 2.05) is 0 Å². The predicted molar refractivity (Wildman–Crippen MR) is 140 cm³/mol.